The van der Waals surface area contributed by atoms with Crippen LogP contribution in [0, 0.1) is 5.92 Å². The van der Waals surface area contributed by atoms with E-state index in [9.17, 15) is 0 Å². The van der Waals surface area contributed by atoms with Crippen LogP contribution >= 0.6 is 0 Å². The lowest BCUT2D eigenvalue weighted by Gasteiger charge is -2.28. The van der Waals surface area contributed by atoms with Crippen molar-refractivity contribution < 1.29 is 0 Å². The Bertz CT molecular complexity index is 311. The number of rotatable bonds is 4. The van der Waals surface area contributed by atoms with Crippen molar-refractivity contribution in [3.05, 3.63) is 18.2 Å². The Morgan fingerprint density at radius 2 is 2.12 bits per heavy atom. The highest BCUT2D eigenvalue weighted by Crippen LogP contribution is 2.26. The van der Waals surface area contributed by atoms with Gasteiger partial charge in [0.2, 0.25) is 0 Å². The quantitative estimate of drug-likeness (QED) is 0.846. The van der Waals surface area contributed by atoms with Gasteiger partial charge in [0.05, 0.1) is 12.0 Å². The number of aryl methyl sites for hydroxylation is 1. The van der Waals surface area contributed by atoms with E-state index >= 15 is 0 Å². The minimum absolute atomic E-state index is 0.720. The summed E-state index contributed by atoms with van der Waals surface area (Å²) in [4.78, 5) is 4.13. The zero-order valence-electron chi connectivity index (χ0n) is 10.4. The van der Waals surface area contributed by atoms with Crippen molar-refractivity contribution in [2.75, 3.05) is 0 Å². The first kappa shape index (κ1) is 11.6. The number of imidazole rings is 1. The molecular formula is C13H23N3. The van der Waals surface area contributed by atoms with Gasteiger partial charge >= 0.3 is 0 Å². The molecule has 3 nitrogen and oxygen atoms in total. The molecule has 0 atom stereocenters. The average molecular weight is 221 g/mol. The third-order valence-corrected chi connectivity index (χ3v) is 3.91. The zero-order chi connectivity index (χ0) is 11.4. The summed E-state index contributed by atoms with van der Waals surface area (Å²) in [5.41, 5.74) is 1.28. The van der Waals surface area contributed by atoms with Crippen molar-refractivity contribution in [2.45, 2.75) is 51.6 Å². The summed E-state index contributed by atoms with van der Waals surface area (Å²) in [6.07, 6.45) is 10.7. The standard InChI is InChI=1S/C13H23N3/c1-3-11-4-6-12(7-5-11)15-9-13-8-14-10-16(13)2/h8,10-12,15H,3-7,9H2,1-2H3. The lowest BCUT2D eigenvalue weighted by Crippen LogP contribution is -2.33. The van der Waals surface area contributed by atoms with Gasteiger partial charge in [0.1, 0.15) is 0 Å². The molecule has 16 heavy (non-hydrogen) atoms. The van der Waals surface area contributed by atoms with E-state index in [1.807, 2.05) is 12.5 Å². The average Bonchev–Trinajstić information content (AvgIpc) is 2.73. The summed E-state index contributed by atoms with van der Waals surface area (Å²) in [6, 6.07) is 0.720. The second kappa shape index (κ2) is 5.48. The van der Waals surface area contributed by atoms with E-state index in [-0.39, 0.29) is 0 Å². The monoisotopic (exact) mass is 221 g/mol. The molecule has 0 saturated heterocycles. The Morgan fingerprint density at radius 3 is 2.69 bits per heavy atom. The van der Waals surface area contributed by atoms with E-state index in [0.29, 0.717) is 0 Å². The maximum atomic E-state index is 4.13. The van der Waals surface area contributed by atoms with Crippen molar-refractivity contribution in [2.24, 2.45) is 13.0 Å². The van der Waals surface area contributed by atoms with Gasteiger partial charge in [-0.2, -0.15) is 0 Å². The molecule has 1 N–H and O–H groups in total. The van der Waals surface area contributed by atoms with Gasteiger partial charge < -0.3 is 9.88 Å². The molecule has 0 aliphatic heterocycles. The van der Waals surface area contributed by atoms with Gasteiger partial charge in [-0.15, -0.1) is 0 Å². The lowest BCUT2D eigenvalue weighted by molar-refractivity contribution is 0.284. The largest absolute Gasteiger partial charge is 0.337 e. The molecule has 1 aromatic rings. The Morgan fingerprint density at radius 1 is 1.38 bits per heavy atom. The topological polar surface area (TPSA) is 29.9 Å². The smallest absolute Gasteiger partial charge is 0.0945 e. The molecule has 0 amide bonds. The van der Waals surface area contributed by atoms with Crippen molar-refractivity contribution >= 4 is 0 Å². The number of nitrogens with zero attached hydrogens (tertiary/aromatic N) is 2. The maximum absolute atomic E-state index is 4.13. The highest BCUT2D eigenvalue weighted by molar-refractivity contribution is 4.97. The first-order valence-electron chi connectivity index (χ1n) is 6.48. The molecule has 0 bridgehead atoms. The van der Waals surface area contributed by atoms with Crippen molar-refractivity contribution in [3.8, 4) is 0 Å². The van der Waals surface area contributed by atoms with Crippen LogP contribution in [0.15, 0.2) is 12.5 Å². The fourth-order valence-corrected chi connectivity index (χ4v) is 2.58. The predicted octanol–water partition coefficient (Wildman–Crippen LogP) is 2.48. The molecular weight excluding hydrogens is 198 g/mol. The molecule has 1 saturated carbocycles. The number of nitrogens with one attached hydrogen (secondary N) is 1. The second-order valence-corrected chi connectivity index (χ2v) is 5.00. The van der Waals surface area contributed by atoms with E-state index in [1.54, 1.807) is 0 Å². The normalized spacial score (nSPS) is 25.9. The molecule has 3 heteroatoms. The van der Waals surface area contributed by atoms with Gasteiger partial charge in [0.15, 0.2) is 0 Å². The highest BCUT2D eigenvalue weighted by atomic mass is 15.0. The Balaban J connectivity index is 1.73. The van der Waals surface area contributed by atoms with Crippen LogP contribution in [-0.2, 0) is 13.6 Å². The van der Waals surface area contributed by atoms with Crippen LogP contribution in [0.25, 0.3) is 0 Å². The highest BCUT2D eigenvalue weighted by Gasteiger charge is 2.19. The fourth-order valence-electron chi connectivity index (χ4n) is 2.58. The van der Waals surface area contributed by atoms with Crippen LogP contribution in [0.3, 0.4) is 0 Å². The summed E-state index contributed by atoms with van der Waals surface area (Å²) in [6.45, 7) is 3.27. The van der Waals surface area contributed by atoms with Gasteiger partial charge in [-0.3, -0.25) is 0 Å². The van der Waals surface area contributed by atoms with Crippen LogP contribution in [0.1, 0.15) is 44.7 Å². The van der Waals surface area contributed by atoms with E-state index in [1.165, 1.54) is 37.8 Å². The predicted molar refractivity (Wildman–Crippen MR) is 66.1 cm³/mol. The molecule has 1 aliphatic carbocycles. The van der Waals surface area contributed by atoms with Crippen LogP contribution in [0.2, 0.25) is 0 Å². The number of hydrogen-bond donors (Lipinski definition) is 1. The molecule has 1 fully saturated rings. The Labute approximate surface area is 98.3 Å². The van der Waals surface area contributed by atoms with Gasteiger partial charge in [-0.25, -0.2) is 4.98 Å². The van der Waals surface area contributed by atoms with Crippen molar-refractivity contribution in [1.29, 1.82) is 0 Å². The van der Waals surface area contributed by atoms with Crippen LogP contribution in [0.4, 0.5) is 0 Å². The summed E-state index contributed by atoms with van der Waals surface area (Å²) in [5.74, 6) is 0.981. The van der Waals surface area contributed by atoms with Crippen LogP contribution < -0.4 is 5.32 Å². The van der Waals surface area contributed by atoms with Crippen LogP contribution in [-0.4, -0.2) is 15.6 Å². The maximum Gasteiger partial charge on any atom is 0.0945 e. The molecule has 0 unspecified atom stereocenters. The molecule has 90 valence electrons. The Hall–Kier alpha value is -0.830. The SMILES string of the molecule is CCC1CCC(NCc2cncn2C)CC1. The molecule has 0 aromatic carbocycles. The molecule has 1 heterocycles. The molecule has 2 rings (SSSR count). The lowest BCUT2D eigenvalue weighted by atomic mass is 9.84. The van der Waals surface area contributed by atoms with E-state index < -0.39 is 0 Å². The van der Waals surface area contributed by atoms with Crippen molar-refractivity contribution in [1.82, 2.24) is 14.9 Å². The molecule has 0 spiro atoms. The number of aromatic nitrogens is 2. The van der Waals surface area contributed by atoms with E-state index in [4.69, 9.17) is 0 Å². The van der Waals surface area contributed by atoms with Crippen molar-refractivity contribution in [3.63, 3.8) is 0 Å². The van der Waals surface area contributed by atoms with Gasteiger partial charge in [-0.1, -0.05) is 13.3 Å². The summed E-state index contributed by atoms with van der Waals surface area (Å²) < 4.78 is 2.09. The first-order chi connectivity index (χ1) is 7.79. The molecule has 0 radical (unpaired) electrons. The van der Waals surface area contributed by atoms with Gasteiger partial charge in [0, 0.05) is 25.8 Å². The fraction of sp³-hybridized carbons (Fsp3) is 0.769. The minimum atomic E-state index is 0.720. The third kappa shape index (κ3) is 2.85. The van der Waals surface area contributed by atoms with E-state index in [0.717, 1.165) is 18.5 Å². The summed E-state index contributed by atoms with van der Waals surface area (Å²) >= 11 is 0. The molecule has 1 aromatic heterocycles. The summed E-state index contributed by atoms with van der Waals surface area (Å²) in [5, 5.41) is 3.65. The van der Waals surface area contributed by atoms with Gasteiger partial charge in [0.25, 0.3) is 0 Å². The Kier molecular flexibility index (Phi) is 3.99. The summed E-state index contributed by atoms with van der Waals surface area (Å²) in [7, 11) is 2.05. The van der Waals surface area contributed by atoms with E-state index in [2.05, 4.69) is 28.8 Å². The minimum Gasteiger partial charge on any atom is -0.337 e. The molecule has 1 aliphatic rings. The number of hydrogen-bond acceptors (Lipinski definition) is 2. The van der Waals surface area contributed by atoms with Gasteiger partial charge in [-0.05, 0) is 31.6 Å². The first-order valence-corrected chi connectivity index (χ1v) is 6.48. The zero-order valence-corrected chi connectivity index (χ0v) is 10.4. The van der Waals surface area contributed by atoms with Crippen LogP contribution in [0.5, 0.6) is 0 Å². The third-order valence-electron chi connectivity index (χ3n) is 3.91. The second-order valence-electron chi connectivity index (χ2n) is 5.00.